The summed E-state index contributed by atoms with van der Waals surface area (Å²) in [5, 5.41) is 9.34. The number of hydrogen-bond donors (Lipinski definition) is 1. The Morgan fingerprint density at radius 1 is 1.21 bits per heavy atom. The van der Waals surface area contributed by atoms with Gasteiger partial charge in [-0.25, -0.2) is 0 Å². The van der Waals surface area contributed by atoms with Gasteiger partial charge < -0.3 is 14.4 Å². The first-order chi connectivity index (χ1) is 11.6. The van der Waals surface area contributed by atoms with Crippen LogP contribution >= 0.6 is 22.6 Å². The highest BCUT2D eigenvalue weighted by Crippen LogP contribution is 2.36. The minimum absolute atomic E-state index is 0.0578. The van der Waals surface area contributed by atoms with Gasteiger partial charge in [-0.15, -0.1) is 0 Å². The van der Waals surface area contributed by atoms with Crippen molar-refractivity contribution in [2.75, 3.05) is 7.11 Å². The molecule has 3 aliphatic rings. The van der Waals surface area contributed by atoms with Crippen molar-refractivity contribution in [3.8, 4) is 28.1 Å². The molecule has 0 aromatic heterocycles. The monoisotopic (exact) mass is 433 g/mol. The van der Waals surface area contributed by atoms with Gasteiger partial charge in [0.2, 0.25) is 5.43 Å². The summed E-state index contributed by atoms with van der Waals surface area (Å²) >= 11 is 2.25. The minimum Gasteiger partial charge on any atom is -0.493 e. The molecule has 1 aliphatic carbocycles. The van der Waals surface area contributed by atoms with Crippen LogP contribution < -0.4 is 10.2 Å². The Kier molecular flexibility index (Phi) is 3.85. The maximum absolute atomic E-state index is 12.6. The molecule has 0 atom stereocenters. The van der Waals surface area contributed by atoms with E-state index < -0.39 is 0 Å². The number of benzene rings is 2. The molecule has 0 amide bonds. The van der Waals surface area contributed by atoms with Crippen LogP contribution in [0, 0.1) is 3.57 Å². The zero-order valence-corrected chi connectivity index (χ0v) is 15.3. The lowest BCUT2D eigenvalue weighted by molar-refractivity contribution is 0.281. The smallest absolute Gasteiger partial charge is 0.229 e. The van der Waals surface area contributed by atoms with Crippen LogP contribution in [0.4, 0.5) is 0 Å². The van der Waals surface area contributed by atoms with E-state index in [0.29, 0.717) is 11.3 Å². The van der Waals surface area contributed by atoms with Gasteiger partial charge in [0.25, 0.3) is 0 Å². The predicted octanol–water partition coefficient (Wildman–Crippen LogP) is 3.28. The van der Waals surface area contributed by atoms with Crippen LogP contribution in [0.2, 0.25) is 0 Å². The molecule has 24 heavy (non-hydrogen) atoms. The Morgan fingerprint density at radius 3 is 2.79 bits per heavy atom. The number of aryl methyl sites for hydroxylation is 2. The molecule has 2 heterocycles. The summed E-state index contributed by atoms with van der Waals surface area (Å²) in [4.78, 5) is 12.6. The van der Waals surface area contributed by atoms with Crippen LogP contribution in [0.25, 0.3) is 22.4 Å². The lowest BCUT2D eigenvalue weighted by atomic mass is 9.93. The number of aliphatic hydroxyl groups excluding tert-OH is 1. The number of rotatable bonds is 2. The van der Waals surface area contributed by atoms with E-state index in [4.69, 9.17) is 4.74 Å². The number of aromatic nitrogens is 1. The number of aliphatic hydroxyl groups is 1. The van der Waals surface area contributed by atoms with Crippen LogP contribution in [0.5, 0.6) is 5.75 Å². The molecule has 0 saturated heterocycles. The SMILES string of the molecule is COc1cc(I)c2cc3n(cc-2c1=O)CCc1cc(CO)ccc1-3. The third kappa shape index (κ3) is 2.34. The first-order valence-electron chi connectivity index (χ1n) is 7.76. The van der Waals surface area contributed by atoms with E-state index in [2.05, 4.69) is 45.4 Å². The Bertz CT molecular complexity index is 977. The molecule has 0 spiro atoms. The van der Waals surface area contributed by atoms with Crippen LogP contribution in [-0.4, -0.2) is 16.8 Å². The lowest BCUT2D eigenvalue weighted by Gasteiger charge is -2.25. The maximum Gasteiger partial charge on any atom is 0.229 e. The predicted molar refractivity (Wildman–Crippen MR) is 102 cm³/mol. The molecule has 0 radical (unpaired) electrons. The van der Waals surface area contributed by atoms with Crippen molar-refractivity contribution in [3.05, 3.63) is 61.4 Å². The molecular weight excluding hydrogens is 417 g/mol. The number of nitrogens with zero attached hydrogens (tertiary/aromatic N) is 1. The lowest BCUT2D eigenvalue weighted by Crippen LogP contribution is -2.18. The molecule has 1 aromatic carbocycles. The van der Waals surface area contributed by atoms with Crippen molar-refractivity contribution in [3.63, 3.8) is 0 Å². The van der Waals surface area contributed by atoms with E-state index >= 15 is 0 Å². The summed E-state index contributed by atoms with van der Waals surface area (Å²) < 4.78 is 8.35. The molecule has 0 saturated carbocycles. The highest BCUT2D eigenvalue weighted by Gasteiger charge is 2.22. The van der Waals surface area contributed by atoms with Gasteiger partial charge in [-0.3, -0.25) is 4.79 Å². The number of ether oxygens (including phenoxy) is 1. The number of hydrogen-bond acceptors (Lipinski definition) is 3. The highest BCUT2D eigenvalue weighted by molar-refractivity contribution is 14.1. The van der Waals surface area contributed by atoms with E-state index in [-0.39, 0.29) is 12.0 Å². The topological polar surface area (TPSA) is 51.5 Å². The van der Waals surface area contributed by atoms with Crippen LogP contribution in [0.1, 0.15) is 11.1 Å². The average Bonchev–Trinajstić information content (AvgIpc) is 2.62. The molecule has 0 fully saturated rings. The fraction of sp³-hybridized carbons (Fsp3) is 0.211. The number of halogens is 1. The minimum atomic E-state index is -0.0651. The molecule has 0 unspecified atom stereocenters. The highest BCUT2D eigenvalue weighted by atomic mass is 127. The Labute approximate surface area is 153 Å². The summed E-state index contributed by atoms with van der Waals surface area (Å²) in [6.45, 7) is 0.878. The standard InChI is InChI=1S/C19H16INO3/c1-24-18-8-16(20)14-7-17-13-3-2-11(10-22)6-12(13)4-5-21(17)9-15(14)19(18)23/h2-3,6-9,22H,4-5,10H2,1H3. The number of fused-ring (bicyclic) bond motifs is 4. The molecule has 5 heteroatoms. The van der Waals surface area contributed by atoms with E-state index in [1.54, 1.807) is 6.07 Å². The second kappa shape index (κ2) is 5.89. The third-order valence-electron chi connectivity index (χ3n) is 4.62. The Hall–Kier alpha value is -1.86. The second-order valence-corrected chi connectivity index (χ2v) is 7.13. The Balaban J connectivity index is 1.99. The second-order valence-electron chi connectivity index (χ2n) is 5.97. The maximum atomic E-state index is 12.6. The van der Waals surface area contributed by atoms with Crippen molar-refractivity contribution in [2.24, 2.45) is 0 Å². The van der Waals surface area contributed by atoms with Gasteiger partial charge in [0.1, 0.15) is 0 Å². The summed E-state index contributed by atoms with van der Waals surface area (Å²) in [7, 11) is 1.53. The van der Waals surface area contributed by atoms with Crippen LogP contribution in [0.3, 0.4) is 0 Å². The summed E-state index contributed by atoms with van der Waals surface area (Å²) in [5.74, 6) is 0.385. The molecule has 4 rings (SSSR count). The van der Waals surface area contributed by atoms with Crippen molar-refractivity contribution < 1.29 is 9.84 Å². The van der Waals surface area contributed by atoms with Gasteiger partial charge in [-0.05, 0) is 52.3 Å². The first kappa shape index (κ1) is 15.7. The van der Waals surface area contributed by atoms with Gasteiger partial charge in [0.05, 0.1) is 19.3 Å². The van der Waals surface area contributed by atoms with E-state index in [0.717, 1.165) is 33.4 Å². The fourth-order valence-corrected chi connectivity index (χ4v) is 4.10. The molecule has 1 N–H and O–H groups in total. The molecule has 0 bridgehead atoms. The van der Waals surface area contributed by atoms with Crippen molar-refractivity contribution in [2.45, 2.75) is 19.6 Å². The molecule has 122 valence electrons. The quantitative estimate of drug-likeness (QED) is 0.632. The summed E-state index contributed by atoms with van der Waals surface area (Å²) in [6.07, 6.45) is 2.84. The Morgan fingerprint density at radius 2 is 2.04 bits per heavy atom. The zero-order valence-electron chi connectivity index (χ0n) is 13.2. The normalized spacial score (nSPS) is 12.8. The molecule has 2 aliphatic heterocycles. The summed E-state index contributed by atoms with van der Waals surface area (Å²) in [6, 6.07) is 9.97. The van der Waals surface area contributed by atoms with Gasteiger partial charge in [-0.2, -0.15) is 0 Å². The molecule has 4 nitrogen and oxygen atoms in total. The van der Waals surface area contributed by atoms with E-state index in [1.807, 2.05) is 12.3 Å². The largest absolute Gasteiger partial charge is 0.493 e. The van der Waals surface area contributed by atoms with E-state index in [9.17, 15) is 9.90 Å². The van der Waals surface area contributed by atoms with Gasteiger partial charge in [-0.1, -0.05) is 18.2 Å². The van der Waals surface area contributed by atoms with Gasteiger partial charge in [0.15, 0.2) is 5.75 Å². The number of methoxy groups -OCH3 is 1. The fourth-order valence-electron chi connectivity index (χ4n) is 3.37. The van der Waals surface area contributed by atoms with E-state index in [1.165, 1.54) is 18.2 Å². The van der Waals surface area contributed by atoms with Crippen molar-refractivity contribution in [1.29, 1.82) is 0 Å². The van der Waals surface area contributed by atoms with Gasteiger partial charge >= 0.3 is 0 Å². The summed E-state index contributed by atoms with van der Waals surface area (Å²) in [5.41, 5.74) is 6.03. The van der Waals surface area contributed by atoms with Crippen molar-refractivity contribution in [1.82, 2.24) is 4.57 Å². The molecular formula is C19H16INO3. The zero-order chi connectivity index (χ0) is 16.8. The van der Waals surface area contributed by atoms with Crippen LogP contribution in [0.15, 0.2) is 41.3 Å². The average molecular weight is 433 g/mol. The molecule has 1 aromatic rings. The third-order valence-corrected chi connectivity index (χ3v) is 5.51. The first-order valence-corrected chi connectivity index (χ1v) is 8.84. The number of pyridine rings is 1. The van der Waals surface area contributed by atoms with Crippen molar-refractivity contribution >= 4 is 22.6 Å². The van der Waals surface area contributed by atoms with Crippen LogP contribution in [-0.2, 0) is 19.6 Å². The van der Waals surface area contributed by atoms with Gasteiger partial charge in [0, 0.05) is 33.1 Å².